The predicted octanol–water partition coefficient (Wildman–Crippen LogP) is 2.14. The van der Waals surface area contributed by atoms with E-state index in [1.54, 1.807) is 19.1 Å². The van der Waals surface area contributed by atoms with Crippen LogP contribution in [-0.4, -0.2) is 11.3 Å². The van der Waals surface area contributed by atoms with Gasteiger partial charge >= 0.3 is 0 Å². The summed E-state index contributed by atoms with van der Waals surface area (Å²) in [5.41, 5.74) is 5.14. The summed E-state index contributed by atoms with van der Waals surface area (Å²) in [6, 6.07) is 6.00. The normalized spacial score (nSPS) is 19.7. The first-order valence-corrected chi connectivity index (χ1v) is 5.11. The van der Waals surface area contributed by atoms with Gasteiger partial charge in [-0.15, -0.1) is 0 Å². The van der Waals surface area contributed by atoms with Crippen molar-refractivity contribution in [3.05, 3.63) is 35.6 Å². The van der Waals surface area contributed by atoms with E-state index in [2.05, 4.69) is 0 Å². The van der Waals surface area contributed by atoms with E-state index < -0.39 is 11.4 Å². The third-order valence-electron chi connectivity index (χ3n) is 3.03. The van der Waals surface area contributed by atoms with E-state index in [-0.39, 0.29) is 17.3 Å². The summed E-state index contributed by atoms with van der Waals surface area (Å²) >= 11 is 0. The number of benzene rings is 1. The Hall–Kier alpha value is -1.22. The molecule has 1 saturated carbocycles. The molecular weight excluding hydrogens is 193 g/mol. The molecule has 80 valence electrons. The van der Waals surface area contributed by atoms with Crippen LogP contribution >= 0.6 is 0 Å². The van der Waals surface area contributed by atoms with Crippen LogP contribution in [0.4, 0.5) is 4.39 Å². The molecule has 0 aliphatic heterocycles. The summed E-state index contributed by atoms with van der Waals surface area (Å²) in [6.45, 7) is 1.69. The third-order valence-corrected chi connectivity index (χ3v) is 3.03. The molecule has 0 heterocycles. The van der Waals surface area contributed by atoms with E-state index in [4.69, 9.17) is 5.73 Å². The van der Waals surface area contributed by atoms with Gasteiger partial charge < -0.3 is 5.73 Å². The minimum atomic E-state index is -0.914. The summed E-state index contributed by atoms with van der Waals surface area (Å²) in [4.78, 5) is 12.0. The van der Waals surface area contributed by atoms with Crippen LogP contribution in [0.15, 0.2) is 24.3 Å². The van der Waals surface area contributed by atoms with Gasteiger partial charge in [0, 0.05) is 0 Å². The number of ketones is 1. The fourth-order valence-electron chi connectivity index (χ4n) is 1.80. The molecule has 0 aromatic heterocycles. The van der Waals surface area contributed by atoms with Crippen molar-refractivity contribution in [3.63, 3.8) is 0 Å². The summed E-state index contributed by atoms with van der Waals surface area (Å²) < 4.78 is 13.4. The average molecular weight is 207 g/mol. The van der Waals surface area contributed by atoms with Crippen molar-refractivity contribution in [1.82, 2.24) is 0 Å². The second-order valence-corrected chi connectivity index (χ2v) is 4.37. The minimum absolute atomic E-state index is 0.106. The molecule has 1 atom stereocenters. The number of halogens is 1. The van der Waals surface area contributed by atoms with Crippen molar-refractivity contribution < 1.29 is 9.18 Å². The highest BCUT2D eigenvalue weighted by Crippen LogP contribution is 2.39. The van der Waals surface area contributed by atoms with Crippen molar-refractivity contribution >= 4 is 5.78 Å². The standard InChI is InChI=1S/C12H14FNO/c1-12(14,8-6-7-8)11(15)9-4-2-3-5-10(9)13/h2-5,8H,6-7,14H2,1H3. The molecule has 15 heavy (non-hydrogen) atoms. The van der Waals surface area contributed by atoms with Crippen LogP contribution in [0.2, 0.25) is 0 Å². The summed E-state index contributed by atoms with van der Waals surface area (Å²) in [6.07, 6.45) is 1.93. The molecule has 0 saturated heterocycles. The zero-order valence-corrected chi connectivity index (χ0v) is 8.66. The van der Waals surface area contributed by atoms with Crippen LogP contribution in [0.1, 0.15) is 30.1 Å². The molecule has 2 nitrogen and oxygen atoms in total. The Labute approximate surface area is 88.3 Å². The number of Topliss-reactive ketones (excluding diaryl/α,β-unsaturated/α-hetero) is 1. The molecule has 1 aliphatic rings. The number of hydrogen-bond acceptors (Lipinski definition) is 2. The van der Waals surface area contributed by atoms with Crippen LogP contribution in [0.5, 0.6) is 0 Å². The van der Waals surface area contributed by atoms with Gasteiger partial charge in [-0.2, -0.15) is 0 Å². The van der Waals surface area contributed by atoms with E-state index >= 15 is 0 Å². The quantitative estimate of drug-likeness (QED) is 0.771. The van der Waals surface area contributed by atoms with Gasteiger partial charge in [0.05, 0.1) is 11.1 Å². The number of carbonyl (C=O) groups is 1. The lowest BCUT2D eigenvalue weighted by Crippen LogP contribution is -2.47. The minimum Gasteiger partial charge on any atom is -0.319 e. The molecule has 1 aromatic carbocycles. The molecule has 0 radical (unpaired) electrons. The number of hydrogen-bond donors (Lipinski definition) is 1. The average Bonchev–Trinajstić information content (AvgIpc) is 3.00. The number of rotatable bonds is 3. The molecule has 1 unspecified atom stereocenters. The highest BCUT2D eigenvalue weighted by molar-refractivity contribution is 6.03. The lowest BCUT2D eigenvalue weighted by atomic mass is 9.87. The lowest BCUT2D eigenvalue weighted by molar-refractivity contribution is 0.0879. The van der Waals surface area contributed by atoms with Crippen molar-refractivity contribution in [2.75, 3.05) is 0 Å². The molecule has 2 N–H and O–H groups in total. The van der Waals surface area contributed by atoms with Crippen molar-refractivity contribution in [1.29, 1.82) is 0 Å². The van der Waals surface area contributed by atoms with Crippen molar-refractivity contribution in [2.24, 2.45) is 11.7 Å². The molecule has 0 spiro atoms. The molecule has 3 heteroatoms. The zero-order chi connectivity index (χ0) is 11.1. The highest BCUT2D eigenvalue weighted by atomic mass is 19.1. The van der Waals surface area contributed by atoms with Gasteiger partial charge in [0.1, 0.15) is 5.82 Å². The fraction of sp³-hybridized carbons (Fsp3) is 0.417. The fourth-order valence-corrected chi connectivity index (χ4v) is 1.80. The molecule has 1 aromatic rings. The monoisotopic (exact) mass is 207 g/mol. The topological polar surface area (TPSA) is 43.1 Å². The van der Waals surface area contributed by atoms with E-state index in [0.717, 1.165) is 12.8 Å². The first-order chi connectivity index (χ1) is 7.03. The Morgan fingerprint density at radius 2 is 2.07 bits per heavy atom. The zero-order valence-electron chi connectivity index (χ0n) is 8.66. The Balaban J connectivity index is 2.31. The SMILES string of the molecule is CC(N)(C(=O)c1ccccc1F)C1CC1. The van der Waals surface area contributed by atoms with Gasteiger partial charge in [0.25, 0.3) is 0 Å². The second kappa shape index (κ2) is 3.42. The molecule has 2 rings (SSSR count). The van der Waals surface area contributed by atoms with Gasteiger partial charge in [0.15, 0.2) is 5.78 Å². The maximum absolute atomic E-state index is 13.4. The molecule has 0 amide bonds. The first-order valence-electron chi connectivity index (χ1n) is 5.11. The second-order valence-electron chi connectivity index (χ2n) is 4.37. The van der Waals surface area contributed by atoms with Gasteiger partial charge in [0.2, 0.25) is 0 Å². The Kier molecular flexibility index (Phi) is 2.35. The highest BCUT2D eigenvalue weighted by Gasteiger charge is 2.44. The number of nitrogens with two attached hydrogens (primary N) is 1. The van der Waals surface area contributed by atoms with Crippen LogP contribution in [0.25, 0.3) is 0 Å². The van der Waals surface area contributed by atoms with E-state index in [1.165, 1.54) is 12.1 Å². The number of carbonyl (C=O) groups excluding carboxylic acids is 1. The van der Waals surface area contributed by atoms with Crippen molar-refractivity contribution in [3.8, 4) is 0 Å². The largest absolute Gasteiger partial charge is 0.319 e. The third kappa shape index (κ3) is 1.79. The Morgan fingerprint density at radius 1 is 1.47 bits per heavy atom. The van der Waals surface area contributed by atoms with Crippen LogP contribution in [0.3, 0.4) is 0 Å². The van der Waals surface area contributed by atoms with Gasteiger partial charge in [-0.3, -0.25) is 4.79 Å². The Bertz CT molecular complexity index is 396. The van der Waals surface area contributed by atoms with Gasteiger partial charge in [-0.05, 0) is 37.8 Å². The molecular formula is C12H14FNO. The van der Waals surface area contributed by atoms with Gasteiger partial charge in [-0.1, -0.05) is 12.1 Å². The predicted molar refractivity (Wildman–Crippen MR) is 56.0 cm³/mol. The van der Waals surface area contributed by atoms with E-state index in [1.807, 2.05) is 0 Å². The summed E-state index contributed by atoms with van der Waals surface area (Å²) in [7, 11) is 0. The molecule has 1 fully saturated rings. The van der Waals surface area contributed by atoms with Crippen LogP contribution in [-0.2, 0) is 0 Å². The maximum Gasteiger partial charge on any atom is 0.185 e. The maximum atomic E-state index is 13.4. The first kappa shape index (κ1) is 10.3. The van der Waals surface area contributed by atoms with E-state index in [9.17, 15) is 9.18 Å². The Morgan fingerprint density at radius 3 is 2.60 bits per heavy atom. The van der Waals surface area contributed by atoms with Crippen LogP contribution < -0.4 is 5.73 Å². The summed E-state index contributed by atoms with van der Waals surface area (Å²) in [5.74, 6) is -0.562. The molecule has 0 bridgehead atoms. The van der Waals surface area contributed by atoms with Crippen LogP contribution in [0, 0.1) is 11.7 Å². The smallest absolute Gasteiger partial charge is 0.185 e. The molecule has 1 aliphatic carbocycles. The van der Waals surface area contributed by atoms with E-state index in [0.29, 0.717) is 0 Å². The lowest BCUT2D eigenvalue weighted by Gasteiger charge is -2.22. The van der Waals surface area contributed by atoms with Crippen molar-refractivity contribution in [2.45, 2.75) is 25.3 Å². The van der Waals surface area contributed by atoms with Gasteiger partial charge in [-0.25, -0.2) is 4.39 Å². The summed E-state index contributed by atoms with van der Waals surface area (Å²) in [5, 5.41) is 0.